The molecule has 172 valence electrons. The second-order valence-corrected chi connectivity index (χ2v) is 8.93. The van der Waals surface area contributed by atoms with E-state index in [4.69, 9.17) is 28.6 Å². The Hall–Kier alpha value is -3.48. The number of hydrogen-bond donors (Lipinski definition) is 0. The van der Waals surface area contributed by atoms with E-state index >= 15 is 0 Å². The van der Waals surface area contributed by atoms with Gasteiger partial charge in [0.15, 0.2) is 5.11 Å². The van der Waals surface area contributed by atoms with Gasteiger partial charge in [0.2, 0.25) is 0 Å². The summed E-state index contributed by atoms with van der Waals surface area (Å²) in [5, 5.41) is 0.592. The van der Waals surface area contributed by atoms with Crippen LogP contribution >= 0.6 is 23.8 Å². The molecule has 0 aliphatic carbocycles. The Kier molecular flexibility index (Phi) is 6.55. The highest BCUT2D eigenvalue weighted by molar-refractivity contribution is 7.81. The van der Waals surface area contributed by atoms with Crippen LogP contribution in [0.15, 0.2) is 66.2 Å². The summed E-state index contributed by atoms with van der Waals surface area (Å²) in [5.74, 6) is -0.425. The molecule has 0 saturated carbocycles. The van der Waals surface area contributed by atoms with Gasteiger partial charge in [0.1, 0.15) is 11.3 Å². The number of carbonyl (C=O) groups excluding carboxylic acids is 2. The van der Waals surface area contributed by atoms with E-state index in [9.17, 15) is 9.59 Å². The van der Waals surface area contributed by atoms with Crippen molar-refractivity contribution in [3.8, 4) is 5.75 Å². The highest BCUT2D eigenvalue weighted by Crippen LogP contribution is 2.35. The molecule has 0 radical (unpaired) electrons. The number of halogens is 1. The minimum Gasteiger partial charge on any atom is -0.497 e. The Morgan fingerprint density at radius 2 is 1.53 bits per heavy atom. The van der Waals surface area contributed by atoms with Crippen LogP contribution in [-0.4, -0.2) is 24.0 Å². The van der Waals surface area contributed by atoms with Gasteiger partial charge >= 0.3 is 0 Å². The van der Waals surface area contributed by atoms with Crippen molar-refractivity contribution in [1.82, 2.24) is 0 Å². The largest absolute Gasteiger partial charge is 0.497 e. The molecule has 0 aromatic heterocycles. The first-order valence-corrected chi connectivity index (χ1v) is 11.4. The lowest BCUT2D eigenvalue weighted by molar-refractivity contribution is -0.120. The molecule has 34 heavy (non-hydrogen) atoms. The molecule has 5 nitrogen and oxygen atoms in total. The second kappa shape index (κ2) is 9.41. The Bertz CT molecular complexity index is 1340. The van der Waals surface area contributed by atoms with Crippen LogP contribution in [0.4, 0.5) is 11.4 Å². The Labute approximate surface area is 209 Å². The Balaban J connectivity index is 1.94. The Morgan fingerprint density at radius 3 is 2.18 bits per heavy atom. The molecule has 3 aromatic rings. The number of rotatable bonds is 4. The Morgan fingerprint density at radius 1 is 0.882 bits per heavy atom. The van der Waals surface area contributed by atoms with Gasteiger partial charge in [-0.1, -0.05) is 47.5 Å². The second-order valence-electron chi connectivity index (χ2n) is 8.13. The SMILES string of the molecule is COc1cccc(N2C(=O)/C(=C\c3cccc(Cl)c3)C(=O)N(c3c(C)cc(C)cc3C)C2=S)c1. The van der Waals surface area contributed by atoms with Crippen molar-refractivity contribution in [2.24, 2.45) is 0 Å². The summed E-state index contributed by atoms with van der Waals surface area (Å²) in [6.45, 7) is 5.85. The number of hydrogen-bond acceptors (Lipinski definition) is 4. The molecule has 1 heterocycles. The first-order chi connectivity index (χ1) is 16.2. The molecule has 4 rings (SSSR count). The van der Waals surface area contributed by atoms with Gasteiger partial charge < -0.3 is 4.74 Å². The highest BCUT2D eigenvalue weighted by Gasteiger charge is 2.42. The first kappa shape index (κ1) is 23.7. The molecule has 3 aromatic carbocycles. The van der Waals surface area contributed by atoms with Crippen LogP contribution in [0.5, 0.6) is 5.75 Å². The van der Waals surface area contributed by atoms with Crippen LogP contribution in [0, 0.1) is 20.8 Å². The number of aryl methyl sites for hydroxylation is 3. The zero-order valence-electron chi connectivity index (χ0n) is 19.3. The monoisotopic (exact) mass is 490 g/mol. The topological polar surface area (TPSA) is 49.9 Å². The molecule has 1 fully saturated rings. The highest BCUT2D eigenvalue weighted by atomic mass is 35.5. The predicted molar refractivity (Wildman–Crippen MR) is 141 cm³/mol. The zero-order chi connectivity index (χ0) is 24.6. The fourth-order valence-electron chi connectivity index (χ4n) is 4.19. The number of benzene rings is 3. The number of nitrogens with zero attached hydrogens (tertiary/aromatic N) is 2. The van der Waals surface area contributed by atoms with Crippen LogP contribution in [0.1, 0.15) is 22.3 Å². The third-order valence-electron chi connectivity index (χ3n) is 5.58. The van der Waals surface area contributed by atoms with Crippen LogP contribution in [0.2, 0.25) is 5.02 Å². The van der Waals surface area contributed by atoms with Gasteiger partial charge in [0, 0.05) is 11.1 Å². The molecule has 0 N–H and O–H groups in total. The molecule has 1 saturated heterocycles. The average molecular weight is 491 g/mol. The lowest BCUT2D eigenvalue weighted by atomic mass is 10.0. The average Bonchev–Trinajstić information content (AvgIpc) is 2.78. The number of thiocarbonyl (C=S) groups is 1. The van der Waals surface area contributed by atoms with Crippen molar-refractivity contribution in [1.29, 1.82) is 0 Å². The first-order valence-electron chi connectivity index (χ1n) is 10.6. The van der Waals surface area contributed by atoms with E-state index < -0.39 is 11.8 Å². The summed E-state index contributed by atoms with van der Waals surface area (Å²) < 4.78 is 5.34. The van der Waals surface area contributed by atoms with Gasteiger partial charge in [-0.15, -0.1) is 0 Å². The van der Waals surface area contributed by atoms with Crippen molar-refractivity contribution in [2.75, 3.05) is 16.9 Å². The van der Waals surface area contributed by atoms with Gasteiger partial charge in [-0.3, -0.25) is 19.4 Å². The van der Waals surface area contributed by atoms with Crippen LogP contribution in [-0.2, 0) is 9.59 Å². The van der Waals surface area contributed by atoms with Gasteiger partial charge in [-0.05, 0) is 80.0 Å². The summed E-state index contributed by atoms with van der Waals surface area (Å²) in [6, 6.07) is 18.0. The molecule has 0 spiro atoms. The minimum atomic E-state index is -0.512. The van der Waals surface area contributed by atoms with Gasteiger partial charge in [0.25, 0.3) is 11.8 Å². The maximum Gasteiger partial charge on any atom is 0.270 e. The summed E-state index contributed by atoms with van der Waals surface area (Å²) >= 11 is 11.9. The van der Waals surface area contributed by atoms with E-state index in [2.05, 4.69) is 0 Å². The third-order valence-corrected chi connectivity index (χ3v) is 6.18. The van der Waals surface area contributed by atoms with Gasteiger partial charge in [-0.25, -0.2) is 0 Å². The number of methoxy groups -OCH3 is 1. The van der Waals surface area contributed by atoms with Crippen molar-refractivity contribution < 1.29 is 14.3 Å². The van der Waals surface area contributed by atoms with E-state index in [1.165, 1.54) is 9.80 Å². The predicted octanol–water partition coefficient (Wildman–Crippen LogP) is 6.02. The van der Waals surface area contributed by atoms with Crippen molar-refractivity contribution >= 4 is 58.2 Å². The van der Waals surface area contributed by atoms with Gasteiger partial charge in [0.05, 0.1) is 18.5 Å². The summed E-state index contributed by atoms with van der Waals surface area (Å²) in [4.78, 5) is 30.3. The maximum absolute atomic E-state index is 13.8. The van der Waals surface area contributed by atoms with E-state index in [0.29, 0.717) is 27.7 Å². The number of carbonyl (C=O) groups is 2. The molecule has 0 atom stereocenters. The molecule has 1 aliphatic heterocycles. The number of amides is 2. The lowest BCUT2D eigenvalue weighted by Gasteiger charge is -2.38. The molecule has 0 bridgehead atoms. The summed E-state index contributed by atoms with van der Waals surface area (Å²) in [6.07, 6.45) is 1.55. The van der Waals surface area contributed by atoms with E-state index in [0.717, 1.165) is 16.7 Å². The molecule has 0 unspecified atom stereocenters. The fourth-order valence-corrected chi connectivity index (χ4v) is 4.75. The maximum atomic E-state index is 13.8. The van der Waals surface area contributed by atoms with Crippen LogP contribution in [0.25, 0.3) is 6.08 Å². The summed E-state index contributed by atoms with van der Waals surface area (Å²) in [5.41, 5.74) is 4.64. The number of ether oxygens (including phenoxy) is 1. The van der Waals surface area contributed by atoms with E-state index in [1.807, 2.05) is 32.9 Å². The van der Waals surface area contributed by atoms with Crippen LogP contribution < -0.4 is 14.5 Å². The normalized spacial score (nSPS) is 15.3. The van der Waals surface area contributed by atoms with E-state index in [-0.39, 0.29) is 10.7 Å². The minimum absolute atomic E-state index is 0.0157. The van der Waals surface area contributed by atoms with Crippen molar-refractivity contribution in [2.45, 2.75) is 20.8 Å². The van der Waals surface area contributed by atoms with Crippen molar-refractivity contribution in [3.63, 3.8) is 0 Å². The lowest BCUT2D eigenvalue weighted by Crippen LogP contribution is -2.57. The standard InChI is InChI=1S/C27H23ClN2O3S/c1-16-11-17(2)24(18(3)12-16)30-26(32)23(14-19-7-5-8-20(28)13-19)25(31)29(27(30)34)21-9-6-10-22(15-21)33-4/h5-15H,1-4H3/b23-14+. The van der Waals surface area contributed by atoms with Gasteiger partial charge in [-0.2, -0.15) is 0 Å². The summed E-state index contributed by atoms with van der Waals surface area (Å²) in [7, 11) is 1.55. The zero-order valence-corrected chi connectivity index (χ0v) is 20.8. The molecule has 1 aliphatic rings. The van der Waals surface area contributed by atoms with E-state index in [1.54, 1.807) is 61.7 Å². The third kappa shape index (κ3) is 4.34. The number of anilines is 2. The van der Waals surface area contributed by atoms with Crippen LogP contribution in [0.3, 0.4) is 0 Å². The quantitative estimate of drug-likeness (QED) is 0.255. The molecule has 2 amide bonds. The van der Waals surface area contributed by atoms with Crippen molar-refractivity contribution in [3.05, 3.63) is 93.5 Å². The molecular weight excluding hydrogens is 468 g/mol. The molecular formula is C27H23ClN2O3S. The fraction of sp³-hybridized carbons (Fsp3) is 0.148. The molecule has 7 heteroatoms. The smallest absolute Gasteiger partial charge is 0.270 e.